The summed E-state index contributed by atoms with van der Waals surface area (Å²) in [6.45, 7) is 1.70. The summed E-state index contributed by atoms with van der Waals surface area (Å²) in [6, 6.07) is 1.50. The molecule has 8 heteroatoms. The number of carboxylic acids is 1. The van der Waals surface area contributed by atoms with Gasteiger partial charge in [0, 0.05) is 12.4 Å². The summed E-state index contributed by atoms with van der Waals surface area (Å²) in [5.41, 5.74) is -1.34. The van der Waals surface area contributed by atoms with Crippen LogP contribution < -0.4 is 0 Å². The Morgan fingerprint density at radius 3 is 2.53 bits per heavy atom. The molecule has 1 N–H and O–H groups in total. The van der Waals surface area contributed by atoms with Crippen LogP contribution in [-0.4, -0.2) is 25.8 Å². The molecule has 19 heavy (non-hydrogen) atoms. The first-order chi connectivity index (χ1) is 8.79. The van der Waals surface area contributed by atoms with Gasteiger partial charge in [-0.25, -0.2) is 4.79 Å². The number of aryl methyl sites for hydroxylation is 1. The molecule has 0 aliphatic carbocycles. The summed E-state index contributed by atoms with van der Waals surface area (Å²) in [5.74, 6) is -1.52. The van der Waals surface area contributed by atoms with E-state index in [9.17, 15) is 18.0 Å². The van der Waals surface area contributed by atoms with Crippen LogP contribution in [0.5, 0.6) is 0 Å². The first kappa shape index (κ1) is 13.1. The summed E-state index contributed by atoms with van der Waals surface area (Å²) in [4.78, 5) is 10.8. The van der Waals surface area contributed by atoms with Crippen LogP contribution in [0.2, 0.25) is 0 Å². The molecule has 2 heterocycles. The zero-order valence-corrected chi connectivity index (χ0v) is 9.64. The fourth-order valence-corrected chi connectivity index (χ4v) is 1.56. The van der Waals surface area contributed by atoms with Crippen LogP contribution in [0.15, 0.2) is 24.7 Å². The maximum absolute atomic E-state index is 12.7. The van der Waals surface area contributed by atoms with E-state index in [-0.39, 0.29) is 5.82 Å². The molecular formula is C11H8F3N3O2. The molecule has 2 aromatic heterocycles. The minimum absolute atomic E-state index is 0.123. The molecule has 0 bridgehead atoms. The largest absolute Gasteiger partial charge is 0.478 e. The molecule has 0 saturated heterocycles. The molecule has 100 valence electrons. The molecule has 0 amide bonds. The van der Waals surface area contributed by atoms with E-state index < -0.39 is 23.3 Å². The second-order valence-corrected chi connectivity index (χ2v) is 3.89. The summed E-state index contributed by atoms with van der Waals surface area (Å²) < 4.78 is 39.1. The molecule has 2 aromatic rings. The summed E-state index contributed by atoms with van der Waals surface area (Å²) in [6.07, 6.45) is -1.74. The van der Waals surface area contributed by atoms with Crippen molar-refractivity contribution in [3.05, 3.63) is 41.3 Å². The minimum atomic E-state index is -4.74. The number of hydrogen-bond donors (Lipinski definition) is 1. The van der Waals surface area contributed by atoms with Gasteiger partial charge in [0.05, 0.1) is 17.3 Å². The highest BCUT2D eigenvalue weighted by Crippen LogP contribution is 2.33. The van der Waals surface area contributed by atoms with Gasteiger partial charge >= 0.3 is 12.1 Å². The number of aromatic carboxylic acids is 1. The third-order valence-electron chi connectivity index (χ3n) is 2.41. The maximum atomic E-state index is 12.7. The van der Waals surface area contributed by atoms with Crippen molar-refractivity contribution >= 4 is 5.97 Å². The molecule has 0 saturated carbocycles. The average molecular weight is 271 g/mol. The van der Waals surface area contributed by atoms with Crippen LogP contribution in [0.3, 0.4) is 0 Å². The number of carbonyl (C=O) groups is 1. The zero-order valence-electron chi connectivity index (χ0n) is 9.64. The molecular weight excluding hydrogens is 263 g/mol. The fourth-order valence-electron chi connectivity index (χ4n) is 1.56. The molecule has 0 aliphatic rings. The fraction of sp³-hybridized carbons (Fsp3) is 0.182. The van der Waals surface area contributed by atoms with E-state index in [1.807, 2.05) is 0 Å². The van der Waals surface area contributed by atoms with Crippen LogP contribution in [0.1, 0.15) is 21.5 Å². The molecule has 0 aliphatic heterocycles. The summed E-state index contributed by atoms with van der Waals surface area (Å²) >= 11 is 0. The third kappa shape index (κ3) is 2.56. The lowest BCUT2D eigenvalue weighted by atomic mass is 10.2. The van der Waals surface area contributed by atoms with Crippen molar-refractivity contribution in [3.63, 3.8) is 0 Å². The SMILES string of the molecule is Cc1cnnc(-n2cc(C(=O)O)c(C(F)(F)F)c2)c1. The second kappa shape index (κ2) is 4.38. The van der Waals surface area contributed by atoms with E-state index in [1.54, 1.807) is 6.92 Å². The quantitative estimate of drug-likeness (QED) is 0.909. The number of hydrogen-bond acceptors (Lipinski definition) is 3. The molecule has 0 fully saturated rings. The highest BCUT2D eigenvalue weighted by atomic mass is 19.4. The smallest absolute Gasteiger partial charge is 0.418 e. The van der Waals surface area contributed by atoms with Crippen molar-refractivity contribution in [1.82, 2.24) is 14.8 Å². The second-order valence-electron chi connectivity index (χ2n) is 3.89. The van der Waals surface area contributed by atoms with Gasteiger partial charge in [-0.3, -0.25) is 0 Å². The number of rotatable bonds is 2. The zero-order chi connectivity index (χ0) is 14.2. The van der Waals surface area contributed by atoms with E-state index in [1.165, 1.54) is 12.3 Å². The number of halogens is 3. The molecule has 0 spiro atoms. The Balaban J connectivity index is 2.58. The Morgan fingerprint density at radius 2 is 2.05 bits per heavy atom. The summed E-state index contributed by atoms with van der Waals surface area (Å²) in [5, 5.41) is 16.1. The molecule has 2 rings (SSSR count). The van der Waals surface area contributed by atoms with Crippen LogP contribution >= 0.6 is 0 Å². The normalized spacial score (nSPS) is 11.6. The van der Waals surface area contributed by atoms with Crippen molar-refractivity contribution in [2.24, 2.45) is 0 Å². The van der Waals surface area contributed by atoms with E-state index in [4.69, 9.17) is 5.11 Å². The van der Waals surface area contributed by atoms with Gasteiger partial charge in [-0.15, -0.1) is 5.10 Å². The molecule has 0 aromatic carbocycles. The Morgan fingerprint density at radius 1 is 1.37 bits per heavy atom. The first-order valence-corrected chi connectivity index (χ1v) is 5.11. The minimum Gasteiger partial charge on any atom is -0.478 e. The monoisotopic (exact) mass is 271 g/mol. The van der Waals surface area contributed by atoms with Crippen molar-refractivity contribution < 1.29 is 23.1 Å². The Bertz CT molecular complexity index is 634. The van der Waals surface area contributed by atoms with Crippen molar-refractivity contribution in [1.29, 1.82) is 0 Å². The topological polar surface area (TPSA) is 68.0 Å². The third-order valence-corrected chi connectivity index (χ3v) is 2.41. The van der Waals surface area contributed by atoms with E-state index in [0.29, 0.717) is 11.8 Å². The van der Waals surface area contributed by atoms with Crippen LogP contribution in [0, 0.1) is 6.92 Å². The lowest BCUT2D eigenvalue weighted by molar-refractivity contribution is -0.138. The van der Waals surface area contributed by atoms with Crippen molar-refractivity contribution in [3.8, 4) is 5.82 Å². The van der Waals surface area contributed by atoms with E-state index in [0.717, 1.165) is 10.8 Å². The predicted molar refractivity (Wildman–Crippen MR) is 58.1 cm³/mol. The standard InChI is InChI=1S/C11H8F3N3O2/c1-6-2-9(16-15-3-6)17-4-7(10(18)19)8(5-17)11(12,13)14/h2-5H,1H3,(H,18,19). The van der Waals surface area contributed by atoms with E-state index in [2.05, 4.69) is 10.2 Å². The van der Waals surface area contributed by atoms with Crippen molar-refractivity contribution in [2.75, 3.05) is 0 Å². The Kier molecular flexibility index (Phi) is 3.01. The van der Waals surface area contributed by atoms with Gasteiger partial charge in [0.15, 0.2) is 5.82 Å². The number of alkyl halides is 3. The summed E-state index contributed by atoms with van der Waals surface area (Å²) in [7, 11) is 0. The Hall–Kier alpha value is -2.38. The van der Waals surface area contributed by atoms with Gasteiger partial charge in [-0.1, -0.05) is 0 Å². The molecule has 0 unspecified atom stereocenters. The van der Waals surface area contributed by atoms with Gasteiger partial charge < -0.3 is 9.67 Å². The van der Waals surface area contributed by atoms with Gasteiger partial charge in [-0.2, -0.15) is 18.3 Å². The molecule has 0 atom stereocenters. The lowest BCUT2D eigenvalue weighted by Gasteiger charge is -2.04. The maximum Gasteiger partial charge on any atom is 0.418 e. The van der Waals surface area contributed by atoms with E-state index >= 15 is 0 Å². The van der Waals surface area contributed by atoms with Crippen molar-refractivity contribution in [2.45, 2.75) is 13.1 Å². The Labute approximate surface area is 105 Å². The molecule has 5 nitrogen and oxygen atoms in total. The number of aromatic nitrogens is 3. The van der Waals surface area contributed by atoms with Crippen LogP contribution in [-0.2, 0) is 6.18 Å². The number of carboxylic acid groups (broad SMARTS) is 1. The van der Waals surface area contributed by atoms with Gasteiger partial charge in [0.25, 0.3) is 0 Å². The predicted octanol–water partition coefficient (Wildman–Crippen LogP) is 2.29. The number of nitrogens with zero attached hydrogens (tertiary/aromatic N) is 3. The average Bonchev–Trinajstić information content (AvgIpc) is 2.73. The van der Waals surface area contributed by atoms with Gasteiger partial charge in [-0.05, 0) is 18.6 Å². The van der Waals surface area contributed by atoms with Gasteiger partial charge in [0.1, 0.15) is 0 Å². The highest BCUT2D eigenvalue weighted by molar-refractivity contribution is 5.89. The van der Waals surface area contributed by atoms with Crippen LogP contribution in [0.25, 0.3) is 5.82 Å². The van der Waals surface area contributed by atoms with Gasteiger partial charge in [0.2, 0.25) is 0 Å². The molecule has 0 radical (unpaired) electrons. The highest BCUT2D eigenvalue weighted by Gasteiger charge is 2.37. The van der Waals surface area contributed by atoms with Crippen LogP contribution in [0.4, 0.5) is 13.2 Å². The lowest BCUT2D eigenvalue weighted by Crippen LogP contribution is -2.09. The first-order valence-electron chi connectivity index (χ1n) is 5.11.